The first kappa shape index (κ1) is 14.5. The molecule has 0 saturated heterocycles. The molecule has 0 amide bonds. The maximum Gasteiger partial charge on any atom is 0.178 e. The molecule has 1 aliphatic rings. The van der Waals surface area contributed by atoms with E-state index in [1.807, 2.05) is 6.07 Å². The van der Waals surface area contributed by atoms with Crippen LogP contribution in [-0.2, 0) is 14.6 Å². The summed E-state index contributed by atoms with van der Waals surface area (Å²) in [6, 6.07) is 8.72. The van der Waals surface area contributed by atoms with Crippen molar-refractivity contribution in [2.24, 2.45) is 11.3 Å². The molecular weight excluding hydrogens is 260 g/mol. The molecule has 0 bridgehead atoms. The summed E-state index contributed by atoms with van der Waals surface area (Å²) in [6.45, 7) is 4.19. The highest BCUT2D eigenvalue weighted by atomic mass is 32.2. The van der Waals surface area contributed by atoms with Gasteiger partial charge in [0.05, 0.1) is 16.8 Å². The first-order valence-electron chi connectivity index (χ1n) is 6.68. The lowest BCUT2D eigenvalue weighted by Gasteiger charge is -2.28. The van der Waals surface area contributed by atoms with E-state index in [-0.39, 0.29) is 17.3 Å². The summed E-state index contributed by atoms with van der Waals surface area (Å²) in [5.41, 5.74) is -0.199. The molecule has 3 unspecified atom stereocenters. The molecule has 0 aliphatic heterocycles. The molecule has 0 N–H and O–H groups in total. The van der Waals surface area contributed by atoms with Crippen LogP contribution in [0.3, 0.4) is 0 Å². The third-order valence-corrected chi connectivity index (χ3v) is 6.49. The van der Waals surface area contributed by atoms with E-state index >= 15 is 0 Å². The lowest BCUT2D eigenvalue weighted by Crippen LogP contribution is -2.30. The van der Waals surface area contributed by atoms with E-state index < -0.39 is 9.84 Å². The van der Waals surface area contributed by atoms with Gasteiger partial charge in [-0.15, -0.1) is 0 Å². The zero-order valence-electron chi connectivity index (χ0n) is 11.8. The molecule has 1 fully saturated rings. The number of sulfone groups is 1. The van der Waals surface area contributed by atoms with Gasteiger partial charge in [-0.1, -0.05) is 32.0 Å². The normalized spacial score (nSPS) is 31.5. The standard InChI is InChI=1S/C15H22O3S/c1-12-9-13(18-3)10-15(12,2)11-19(16,17)14-7-5-4-6-8-14/h4-8,12-13H,9-11H2,1-3H3. The van der Waals surface area contributed by atoms with Gasteiger partial charge in [0.1, 0.15) is 0 Å². The zero-order chi connectivity index (χ0) is 14.1. The largest absolute Gasteiger partial charge is 0.381 e. The number of methoxy groups -OCH3 is 1. The molecule has 0 spiro atoms. The number of hydrogen-bond acceptors (Lipinski definition) is 3. The predicted molar refractivity (Wildman–Crippen MR) is 75.8 cm³/mol. The molecule has 1 aliphatic carbocycles. The van der Waals surface area contributed by atoms with Gasteiger partial charge in [0.25, 0.3) is 0 Å². The van der Waals surface area contributed by atoms with Crippen molar-refractivity contribution in [3.63, 3.8) is 0 Å². The fourth-order valence-corrected chi connectivity index (χ4v) is 5.02. The molecule has 2 rings (SSSR count). The lowest BCUT2D eigenvalue weighted by molar-refractivity contribution is 0.0995. The van der Waals surface area contributed by atoms with E-state index in [1.165, 1.54) is 0 Å². The van der Waals surface area contributed by atoms with Crippen molar-refractivity contribution >= 4 is 9.84 Å². The van der Waals surface area contributed by atoms with Crippen molar-refractivity contribution in [2.45, 2.75) is 37.7 Å². The Bertz CT molecular complexity index is 524. The SMILES string of the molecule is COC1CC(C)C(C)(CS(=O)(=O)c2ccccc2)C1. The van der Waals surface area contributed by atoms with Crippen LogP contribution in [0.25, 0.3) is 0 Å². The minimum atomic E-state index is -3.22. The van der Waals surface area contributed by atoms with Crippen LogP contribution in [0.2, 0.25) is 0 Å². The van der Waals surface area contributed by atoms with Gasteiger partial charge in [-0.3, -0.25) is 0 Å². The van der Waals surface area contributed by atoms with E-state index in [1.54, 1.807) is 31.4 Å². The van der Waals surface area contributed by atoms with E-state index in [9.17, 15) is 8.42 Å². The van der Waals surface area contributed by atoms with Crippen molar-refractivity contribution in [1.29, 1.82) is 0 Å². The average molecular weight is 282 g/mol. The van der Waals surface area contributed by atoms with E-state index in [4.69, 9.17) is 4.74 Å². The van der Waals surface area contributed by atoms with Crippen LogP contribution in [0.15, 0.2) is 35.2 Å². The Morgan fingerprint density at radius 3 is 2.47 bits per heavy atom. The molecular formula is C15H22O3S. The number of ether oxygens (including phenoxy) is 1. The van der Waals surface area contributed by atoms with Crippen molar-refractivity contribution in [3.8, 4) is 0 Å². The summed E-state index contributed by atoms with van der Waals surface area (Å²) in [4.78, 5) is 0.421. The first-order valence-corrected chi connectivity index (χ1v) is 8.33. The Labute approximate surface area is 115 Å². The number of hydrogen-bond donors (Lipinski definition) is 0. The Hall–Kier alpha value is -0.870. The summed E-state index contributed by atoms with van der Waals surface area (Å²) in [7, 11) is -1.52. The van der Waals surface area contributed by atoms with Gasteiger partial charge in [-0.25, -0.2) is 8.42 Å². The summed E-state index contributed by atoms with van der Waals surface area (Å²) in [6.07, 6.45) is 1.94. The monoisotopic (exact) mass is 282 g/mol. The molecule has 19 heavy (non-hydrogen) atoms. The van der Waals surface area contributed by atoms with Crippen LogP contribution >= 0.6 is 0 Å². The highest BCUT2D eigenvalue weighted by molar-refractivity contribution is 7.91. The van der Waals surface area contributed by atoms with E-state index in [0.717, 1.165) is 12.8 Å². The molecule has 1 aromatic carbocycles. The quantitative estimate of drug-likeness (QED) is 0.853. The topological polar surface area (TPSA) is 43.4 Å². The molecule has 1 aromatic rings. The maximum atomic E-state index is 12.5. The van der Waals surface area contributed by atoms with Gasteiger partial charge in [-0.2, -0.15) is 0 Å². The van der Waals surface area contributed by atoms with Crippen molar-refractivity contribution in [3.05, 3.63) is 30.3 Å². The van der Waals surface area contributed by atoms with Crippen LogP contribution < -0.4 is 0 Å². The summed E-state index contributed by atoms with van der Waals surface area (Å²) in [5.74, 6) is 0.557. The Balaban J connectivity index is 2.21. The van der Waals surface area contributed by atoms with Crippen LogP contribution in [0, 0.1) is 11.3 Å². The molecule has 4 heteroatoms. The third kappa shape index (κ3) is 3.00. The fourth-order valence-electron chi connectivity index (χ4n) is 3.01. The second kappa shape index (κ2) is 5.25. The fraction of sp³-hybridized carbons (Fsp3) is 0.600. The second-order valence-corrected chi connectivity index (χ2v) is 7.91. The predicted octanol–water partition coefficient (Wildman–Crippen LogP) is 2.91. The summed E-state index contributed by atoms with van der Waals surface area (Å²) >= 11 is 0. The highest BCUT2D eigenvalue weighted by Crippen LogP contribution is 2.45. The van der Waals surface area contributed by atoms with Crippen molar-refractivity contribution in [1.82, 2.24) is 0 Å². The molecule has 106 valence electrons. The molecule has 0 heterocycles. The molecule has 0 aromatic heterocycles. The van der Waals surface area contributed by atoms with Crippen LogP contribution in [0.4, 0.5) is 0 Å². The Morgan fingerprint density at radius 1 is 1.32 bits per heavy atom. The van der Waals surface area contributed by atoms with Crippen molar-refractivity contribution in [2.75, 3.05) is 12.9 Å². The lowest BCUT2D eigenvalue weighted by atomic mass is 9.83. The second-order valence-electron chi connectivity index (χ2n) is 5.92. The van der Waals surface area contributed by atoms with Gasteiger partial charge in [0.15, 0.2) is 9.84 Å². The Kier molecular flexibility index (Phi) is 4.02. The van der Waals surface area contributed by atoms with Gasteiger partial charge >= 0.3 is 0 Å². The highest BCUT2D eigenvalue weighted by Gasteiger charge is 2.44. The smallest absolute Gasteiger partial charge is 0.178 e. The van der Waals surface area contributed by atoms with Crippen LogP contribution in [0.1, 0.15) is 26.7 Å². The number of benzene rings is 1. The average Bonchev–Trinajstić information content (AvgIpc) is 2.65. The van der Waals surface area contributed by atoms with Crippen LogP contribution in [-0.4, -0.2) is 27.4 Å². The molecule has 1 saturated carbocycles. The minimum absolute atomic E-state index is 0.186. The van der Waals surface area contributed by atoms with Crippen LogP contribution in [0.5, 0.6) is 0 Å². The minimum Gasteiger partial charge on any atom is -0.381 e. The van der Waals surface area contributed by atoms with Crippen molar-refractivity contribution < 1.29 is 13.2 Å². The Morgan fingerprint density at radius 2 is 1.95 bits per heavy atom. The van der Waals surface area contributed by atoms with Gasteiger partial charge in [-0.05, 0) is 36.3 Å². The zero-order valence-corrected chi connectivity index (χ0v) is 12.6. The third-order valence-electron chi connectivity index (χ3n) is 4.46. The van der Waals surface area contributed by atoms with E-state index in [2.05, 4.69) is 13.8 Å². The number of rotatable bonds is 4. The van der Waals surface area contributed by atoms with E-state index in [0.29, 0.717) is 10.8 Å². The summed E-state index contributed by atoms with van der Waals surface area (Å²) in [5, 5.41) is 0. The summed E-state index contributed by atoms with van der Waals surface area (Å²) < 4.78 is 30.4. The molecule has 0 radical (unpaired) electrons. The molecule has 3 nitrogen and oxygen atoms in total. The maximum absolute atomic E-state index is 12.5. The van der Waals surface area contributed by atoms with Gasteiger partial charge in [0.2, 0.25) is 0 Å². The van der Waals surface area contributed by atoms with Gasteiger partial charge < -0.3 is 4.74 Å². The first-order chi connectivity index (χ1) is 8.87. The molecule has 3 atom stereocenters. The van der Waals surface area contributed by atoms with Gasteiger partial charge in [0, 0.05) is 7.11 Å².